The lowest BCUT2D eigenvalue weighted by atomic mass is 10.0. The molecule has 0 aliphatic carbocycles. The molecule has 0 saturated carbocycles. The molecule has 2 heterocycles. The van der Waals surface area contributed by atoms with Gasteiger partial charge in [0.25, 0.3) is 0 Å². The molecule has 0 bridgehead atoms. The smallest absolute Gasteiger partial charge is 0.339 e. The highest BCUT2D eigenvalue weighted by molar-refractivity contribution is 5.95. The summed E-state index contributed by atoms with van der Waals surface area (Å²) in [7, 11) is 0. The number of ether oxygens (including phenoxy) is 1. The molecule has 1 aliphatic rings. The summed E-state index contributed by atoms with van der Waals surface area (Å²) >= 11 is 0. The predicted molar refractivity (Wildman–Crippen MR) is 73.2 cm³/mol. The van der Waals surface area contributed by atoms with Gasteiger partial charge in [-0.2, -0.15) is 0 Å². The summed E-state index contributed by atoms with van der Waals surface area (Å²) in [4.78, 5) is 14.9. The van der Waals surface area contributed by atoms with Gasteiger partial charge in [-0.05, 0) is 30.7 Å². The Morgan fingerprint density at radius 2 is 2.30 bits per heavy atom. The van der Waals surface area contributed by atoms with Crippen LogP contribution in [0.2, 0.25) is 0 Å². The number of anilines is 1. The molecular formula is C15H15FN2O2. The lowest BCUT2D eigenvalue weighted by Gasteiger charge is -2.10. The standard InChI is InChI=1S/C15H15FN2O2/c1-2-5-17-13-8-10-9(7-11(13)16)14(20-15(10)19)12-4-3-6-18-12/h3-4,6-8,14,17-18H,2,5H2,1H3. The second kappa shape index (κ2) is 5.00. The quantitative estimate of drug-likeness (QED) is 0.842. The number of halogens is 1. The van der Waals surface area contributed by atoms with Crippen LogP contribution in [-0.4, -0.2) is 17.5 Å². The molecule has 1 unspecified atom stereocenters. The van der Waals surface area contributed by atoms with E-state index < -0.39 is 12.1 Å². The number of hydrogen-bond acceptors (Lipinski definition) is 3. The second-order valence-electron chi connectivity index (χ2n) is 4.76. The van der Waals surface area contributed by atoms with Gasteiger partial charge in [0.1, 0.15) is 5.82 Å². The van der Waals surface area contributed by atoms with Crippen molar-refractivity contribution in [2.24, 2.45) is 0 Å². The molecule has 0 spiro atoms. The summed E-state index contributed by atoms with van der Waals surface area (Å²) in [6.07, 6.45) is 2.07. The molecule has 20 heavy (non-hydrogen) atoms. The van der Waals surface area contributed by atoms with Crippen molar-refractivity contribution in [1.82, 2.24) is 4.98 Å². The number of H-pyrrole nitrogens is 1. The molecule has 2 aromatic rings. The van der Waals surface area contributed by atoms with Gasteiger partial charge in [0.05, 0.1) is 16.9 Å². The van der Waals surface area contributed by atoms with Crippen molar-refractivity contribution >= 4 is 11.7 Å². The van der Waals surface area contributed by atoms with Gasteiger partial charge in [0, 0.05) is 18.3 Å². The fourth-order valence-corrected chi connectivity index (χ4v) is 2.35. The number of cyclic esters (lactones) is 1. The average molecular weight is 274 g/mol. The molecule has 4 nitrogen and oxygen atoms in total. The number of esters is 1. The molecule has 1 aliphatic heterocycles. The van der Waals surface area contributed by atoms with Crippen LogP contribution in [0.1, 0.15) is 41.1 Å². The minimum absolute atomic E-state index is 0.342. The van der Waals surface area contributed by atoms with Gasteiger partial charge in [0.2, 0.25) is 0 Å². The van der Waals surface area contributed by atoms with E-state index in [0.717, 1.165) is 12.1 Å². The summed E-state index contributed by atoms with van der Waals surface area (Å²) in [5, 5.41) is 2.97. The molecule has 5 heteroatoms. The van der Waals surface area contributed by atoms with E-state index in [-0.39, 0.29) is 5.82 Å². The van der Waals surface area contributed by atoms with E-state index in [1.807, 2.05) is 19.1 Å². The molecule has 104 valence electrons. The summed E-state index contributed by atoms with van der Waals surface area (Å²) in [5.74, 6) is -0.786. The van der Waals surface area contributed by atoms with Gasteiger partial charge in [-0.25, -0.2) is 9.18 Å². The number of hydrogen-bond donors (Lipinski definition) is 2. The Morgan fingerprint density at radius 3 is 3.00 bits per heavy atom. The van der Waals surface area contributed by atoms with Crippen LogP contribution in [-0.2, 0) is 4.74 Å². The highest BCUT2D eigenvalue weighted by Crippen LogP contribution is 2.37. The van der Waals surface area contributed by atoms with Gasteiger partial charge >= 0.3 is 5.97 Å². The van der Waals surface area contributed by atoms with Gasteiger partial charge < -0.3 is 15.0 Å². The monoisotopic (exact) mass is 274 g/mol. The molecule has 2 N–H and O–H groups in total. The maximum atomic E-state index is 14.1. The molecule has 0 radical (unpaired) electrons. The van der Waals surface area contributed by atoms with E-state index in [1.54, 1.807) is 6.20 Å². The Kier molecular flexibility index (Phi) is 3.18. The summed E-state index contributed by atoms with van der Waals surface area (Å²) < 4.78 is 19.4. The van der Waals surface area contributed by atoms with E-state index in [4.69, 9.17) is 4.74 Å². The van der Waals surface area contributed by atoms with E-state index in [2.05, 4.69) is 10.3 Å². The Labute approximate surface area is 116 Å². The van der Waals surface area contributed by atoms with Crippen LogP contribution >= 0.6 is 0 Å². The highest BCUT2D eigenvalue weighted by Gasteiger charge is 2.34. The van der Waals surface area contributed by atoms with Crippen LogP contribution < -0.4 is 5.32 Å². The van der Waals surface area contributed by atoms with Gasteiger partial charge in [-0.15, -0.1) is 0 Å². The Morgan fingerprint density at radius 1 is 1.45 bits per heavy atom. The van der Waals surface area contributed by atoms with E-state index >= 15 is 0 Å². The number of aromatic amines is 1. The maximum absolute atomic E-state index is 14.1. The Balaban J connectivity index is 2.00. The number of carbonyl (C=O) groups excluding carboxylic acids is 1. The van der Waals surface area contributed by atoms with Crippen LogP contribution in [0.4, 0.5) is 10.1 Å². The minimum atomic E-state index is -0.553. The van der Waals surface area contributed by atoms with Crippen molar-refractivity contribution in [2.75, 3.05) is 11.9 Å². The first-order chi connectivity index (χ1) is 9.70. The van der Waals surface area contributed by atoms with Crippen molar-refractivity contribution in [3.63, 3.8) is 0 Å². The fourth-order valence-electron chi connectivity index (χ4n) is 2.35. The van der Waals surface area contributed by atoms with Crippen LogP contribution in [0.5, 0.6) is 0 Å². The summed E-state index contributed by atoms with van der Waals surface area (Å²) in [6, 6.07) is 6.54. The molecule has 0 saturated heterocycles. The first-order valence-corrected chi connectivity index (χ1v) is 6.62. The maximum Gasteiger partial charge on any atom is 0.339 e. The molecule has 0 fully saturated rings. The number of rotatable bonds is 4. The SMILES string of the molecule is CCCNc1cc2c(cc1F)C(c1ccc[nH]1)OC2=O. The number of aromatic nitrogens is 1. The van der Waals surface area contributed by atoms with E-state index in [1.165, 1.54) is 12.1 Å². The third-order valence-electron chi connectivity index (χ3n) is 3.34. The molecule has 3 rings (SSSR count). The fraction of sp³-hybridized carbons (Fsp3) is 0.267. The van der Waals surface area contributed by atoms with Crippen LogP contribution in [0, 0.1) is 5.82 Å². The zero-order chi connectivity index (χ0) is 14.1. The van der Waals surface area contributed by atoms with Crippen molar-refractivity contribution in [1.29, 1.82) is 0 Å². The number of carbonyl (C=O) groups is 1. The summed E-state index contributed by atoms with van der Waals surface area (Å²) in [5.41, 5.74) is 2.07. The zero-order valence-corrected chi connectivity index (χ0v) is 11.1. The van der Waals surface area contributed by atoms with Gasteiger partial charge in [0.15, 0.2) is 6.10 Å². The zero-order valence-electron chi connectivity index (χ0n) is 11.1. The third kappa shape index (κ3) is 2.05. The third-order valence-corrected chi connectivity index (χ3v) is 3.34. The molecular weight excluding hydrogens is 259 g/mol. The lowest BCUT2D eigenvalue weighted by Crippen LogP contribution is -2.04. The molecule has 1 aromatic carbocycles. The topological polar surface area (TPSA) is 54.1 Å². The Bertz CT molecular complexity index is 638. The largest absolute Gasteiger partial charge is 0.447 e. The first kappa shape index (κ1) is 12.7. The molecule has 1 aromatic heterocycles. The van der Waals surface area contributed by atoms with Crippen LogP contribution in [0.3, 0.4) is 0 Å². The van der Waals surface area contributed by atoms with Crippen LogP contribution in [0.15, 0.2) is 30.5 Å². The first-order valence-electron chi connectivity index (χ1n) is 6.62. The van der Waals surface area contributed by atoms with Crippen molar-refractivity contribution in [3.05, 3.63) is 53.1 Å². The van der Waals surface area contributed by atoms with Crippen molar-refractivity contribution in [3.8, 4) is 0 Å². The predicted octanol–water partition coefficient (Wildman–Crippen LogP) is 3.24. The minimum Gasteiger partial charge on any atom is -0.447 e. The normalized spacial score (nSPS) is 16.9. The van der Waals surface area contributed by atoms with E-state index in [0.29, 0.717) is 23.4 Å². The van der Waals surface area contributed by atoms with Crippen LogP contribution in [0.25, 0.3) is 0 Å². The number of fused-ring (bicyclic) bond motifs is 1. The molecule has 0 amide bonds. The number of nitrogens with one attached hydrogen (secondary N) is 2. The van der Waals surface area contributed by atoms with Crippen molar-refractivity contribution < 1.29 is 13.9 Å². The number of benzene rings is 1. The van der Waals surface area contributed by atoms with Crippen molar-refractivity contribution in [2.45, 2.75) is 19.4 Å². The highest BCUT2D eigenvalue weighted by atomic mass is 19.1. The lowest BCUT2D eigenvalue weighted by molar-refractivity contribution is 0.0450. The average Bonchev–Trinajstić information content (AvgIpc) is 3.05. The molecule has 1 atom stereocenters. The van der Waals surface area contributed by atoms with Gasteiger partial charge in [-0.3, -0.25) is 0 Å². The second-order valence-corrected chi connectivity index (χ2v) is 4.76. The van der Waals surface area contributed by atoms with E-state index in [9.17, 15) is 9.18 Å². The Hall–Kier alpha value is -2.30. The van der Waals surface area contributed by atoms with Gasteiger partial charge in [-0.1, -0.05) is 6.92 Å². The summed E-state index contributed by atoms with van der Waals surface area (Å²) in [6.45, 7) is 2.65.